The summed E-state index contributed by atoms with van der Waals surface area (Å²) >= 11 is 5.92. The third-order valence-electron chi connectivity index (χ3n) is 2.92. The van der Waals surface area contributed by atoms with Crippen LogP contribution in [0.25, 0.3) is 0 Å². The number of rotatable bonds is 3. The van der Waals surface area contributed by atoms with Crippen molar-refractivity contribution in [3.8, 4) is 6.07 Å². The zero-order chi connectivity index (χ0) is 14.5. The molecule has 0 aliphatic carbocycles. The molecule has 3 nitrogen and oxygen atoms in total. The van der Waals surface area contributed by atoms with Gasteiger partial charge in [0.15, 0.2) is 0 Å². The van der Waals surface area contributed by atoms with E-state index in [0.717, 1.165) is 5.56 Å². The molecule has 0 heterocycles. The number of hydrogen-bond donors (Lipinski definition) is 0. The summed E-state index contributed by atoms with van der Waals surface area (Å²) in [6.45, 7) is 0.486. The summed E-state index contributed by atoms with van der Waals surface area (Å²) in [6, 6.07) is 16.1. The standard InChI is InChI=1S/C16H13ClN2O/c1-19(11-13-3-2-4-15(17)9-13)16(20)14-7-5-12(10-18)6-8-14/h2-9H,11H2,1H3. The first kappa shape index (κ1) is 14.1. The molecule has 0 aromatic heterocycles. The fourth-order valence-electron chi connectivity index (χ4n) is 1.89. The number of amides is 1. The molecule has 2 aromatic rings. The summed E-state index contributed by atoms with van der Waals surface area (Å²) in [5, 5.41) is 9.39. The predicted molar refractivity (Wildman–Crippen MR) is 78.4 cm³/mol. The number of nitrogens with zero attached hydrogens (tertiary/aromatic N) is 2. The fourth-order valence-corrected chi connectivity index (χ4v) is 2.10. The minimum Gasteiger partial charge on any atom is -0.337 e. The largest absolute Gasteiger partial charge is 0.337 e. The van der Waals surface area contributed by atoms with E-state index in [1.54, 1.807) is 42.3 Å². The highest BCUT2D eigenvalue weighted by Gasteiger charge is 2.12. The molecule has 20 heavy (non-hydrogen) atoms. The summed E-state index contributed by atoms with van der Waals surface area (Å²) in [5.74, 6) is -0.0885. The van der Waals surface area contributed by atoms with Gasteiger partial charge in [-0.2, -0.15) is 5.26 Å². The van der Waals surface area contributed by atoms with Crippen LogP contribution < -0.4 is 0 Å². The van der Waals surface area contributed by atoms with Gasteiger partial charge in [-0.25, -0.2) is 0 Å². The summed E-state index contributed by atoms with van der Waals surface area (Å²) in [7, 11) is 1.74. The van der Waals surface area contributed by atoms with Crippen molar-refractivity contribution in [2.75, 3.05) is 7.05 Å². The minimum atomic E-state index is -0.0885. The van der Waals surface area contributed by atoms with Gasteiger partial charge < -0.3 is 4.90 Å². The summed E-state index contributed by atoms with van der Waals surface area (Å²) in [4.78, 5) is 13.9. The molecule has 0 atom stereocenters. The first-order valence-corrected chi connectivity index (χ1v) is 6.48. The Morgan fingerprint density at radius 3 is 2.55 bits per heavy atom. The number of carbonyl (C=O) groups is 1. The summed E-state index contributed by atoms with van der Waals surface area (Å²) in [6.07, 6.45) is 0. The molecule has 0 saturated heterocycles. The Hall–Kier alpha value is -2.31. The Labute approximate surface area is 123 Å². The van der Waals surface area contributed by atoms with E-state index < -0.39 is 0 Å². The van der Waals surface area contributed by atoms with E-state index in [2.05, 4.69) is 0 Å². The topological polar surface area (TPSA) is 44.1 Å². The number of halogens is 1. The Morgan fingerprint density at radius 1 is 1.25 bits per heavy atom. The van der Waals surface area contributed by atoms with Crippen LogP contribution in [-0.2, 0) is 6.54 Å². The van der Waals surface area contributed by atoms with E-state index in [1.165, 1.54) is 0 Å². The van der Waals surface area contributed by atoms with Crippen LogP contribution in [0.15, 0.2) is 48.5 Å². The van der Waals surface area contributed by atoms with Gasteiger partial charge in [-0.3, -0.25) is 4.79 Å². The van der Waals surface area contributed by atoms with Crippen LogP contribution in [-0.4, -0.2) is 17.9 Å². The van der Waals surface area contributed by atoms with E-state index in [0.29, 0.717) is 22.7 Å². The zero-order valence-corrected chi connectivity index (χ0v) is 11.8. The lowest BCUT2D eigenvalue weighted by atomic mass is 10.1. The second-order valence-electron chi connectivity index (χ2n) is 4.48. The van der Waals surface area contributed by atoms with Crippen LogP contribution in [0.2, 0.25) is 5.02 Å². The molecule has 2 rings (SSSR count). The van der Waals surface area contributed by atoms with Gasteiger partial charge in [0.2, 0.25) is 0 Å². The van der Waals surface area contributed by atoms with Gasteiger partial charge in [-0.05, 0) is 42.0 Å². The number of nitriles is 1. The third-order valence-corrected chi connectivity index (χ3v) is 3.15. The van der Waals surface area contributed by atoms with E-state index >= 15 is 0 Å². The molecule has 0 spiro atoms. The van der Waals surface area contributed by atoms with Crippen LogP contribution in [0.3, 0.4) is 0 Å². The molecule has 2 aromatic carbocycles. The average molecular weight is 285 g/mol. The number of carbonyl (C=O) groups excluding carboxylic acids is 1. The summed E-state index contributed by atoms with van der Waals surface area (Å²) in [5.41, 5.74) is 2.08. The lowest BCUT2D eigenvalue weighted by Gasteiger charge is -2.17. The first-order valence-electron chi connectivity index (χ1n) is 6.10. The Kier molecular flexibility index (Phi) is 4.39. The van der Waals surface area contributed by atoms with Crippen LogP contribution in [0, 0.1) is 11.3 Å². The molecule has 1 amide bonds. The van der Waals surface area contributed by atoms with Crippen molar-refractivity contribution < 1.29 is 4.79 Å². The smallest absolute Gasteiger partial charge is 0.253 e. The molecule has 0 radical (unpaired) electrons. The maximum absolute atomic E-state index is 12.2. The predicted octanol–water partition coefficient (Wildman–Crippen LogP) is 3.48. The summed E-state index contributed by atoms with van der Waals surface area (Å²) < 4.78 is 0. The van der Waals surface area contributed by atoms with Gasteiger partial charge in [-0.1, -0.05) is 23.7 Å². The maximum atomic E-state index is 12.2. The van der Waals surface area contributed by atoms with E-state index in [1.807, 2.05) is 24.3 Å². The lowest BCUT2D eigenvalue weighted by Crippen LogP contribution is -2.26. The average Bonchev–Trinajstić information content (AvgIpc) is 2.46. The van der Waals surface area contributed by atoms with Crippen LogP contribution in [0.1, 0.15) is 21.5 Å². The molecule has 0 saturated carbocycles. The second kappa shape index (κ2) is 6.23. The third kappa shape index (κ3) is 3.37. The molecule has 4 heteroatoms. The van der Waals surface area contributed by atoms with Crippen molar-refractivity contribution >= 4 is 17.5 Å². The Morgan fingerprint density at radius 2 is 1.95 bits per heavy atom. The number of hydrogen-bond acceptors (Lipinski definition) is 2. The molecule has 0 bridgehead atoms. The van der Waals surface area contributed by atoms with Crippen molar-refractivity contribution in [1.82, 2.24) is 4.90 Å². The second-order valence-corrected chi connectivity index (χ2v) is 4.92. The Balaban J connectivity index is 2.10. The van der Waals surface area contributed by atoms with Gasteiger partial charge in [0.1, 0.15) is 0 Å². The molecule has 0 aliphatic heterocycles. The van der Waals surface area contributed by atoms with Crippen LogP contribution in [0.5, 0.6) is 0 Å². The first-order chi connectivity index (χ1) is 9.60. The highest BCUT2D eigenvalue weighted by molar-refractivity contribution is 6.30. The normalized spacial score (nSPS) is 9.85. The van der Waals surface area contributed by atoms with Gasteiger partial charge in [0, 0.05) is 24.2 Å². The van der Waals surface area contributed by atoms with E-state index in [-0.39, 0.29) is 5.91 Å². The maximum Gasteiger partial charge on any atom is 0.253 e. The van der Waals surface area contributed by atoms with Gasteiger partial charge >= 0.3 is 0 Å². The lowest BCUT2D eigenvalue weighted by molar-refractivity contribution is 0.0785. The molecular formula is C16H13ClN2O. The molecule has 0 fully saturated rings. The van der Waals surface area contributed by atoms with Gasteiger partial charge in [-0.15, -0.1) is 0 Å². The van der Waals surface area contributed by atoms with E-state index in [4.69, 9.17) is 16.9 Å². The van der Waals surface area contributed by atoms with Gasteiger partial charge in [0.05, 0.1) is 11.6 Å². The van der Waals surface area contributed by atoms with Crippen molar-refractivity contribution in [2.45, 2.75) is 6.54 Å². The SMILES string of the molecule is CN(Cc1cccc(Cl)c1)C(=O)c1ccc(C#N)cc1. The van der Waals surface area contributed by atoms with Crippen molar-refractivity contribution in [3.63, 3.8) is 0 Å². The zero-order valence-electron chi connectivity index (χ0n) is 11.0. The molecule has 0 N–H and O–H groups in total. The highest BCUT2D eigenvalue weighted by atomic mass is 35.5. The monoisotopic (exact) mass is 284 g/mol. The fraction of sp³-hybridized carbons (Fsp3) is 0.125. The molecule has 0 aliphatic rings. The van der Waals surface area contributed by atoms with Crippen LogP contribution >= 0.6 is 11.6 Å². The number of benzene rings is 2. The minimum absolute atomic E-state index is 0.0885. The molecule has 100 valence electrons. The Bertz CT molecular complexity index is 659. The molecule has 0 unspecified atom stereocenters. The quantitative estimate of drug-likeness (QED) is 0.866. The van der Waals surface area contributed by atoms with Crippen molar-refractivity contribution in [2.24, 2.45) is 0 Å². The van der Waals surface area contributed by atoms with Gasteiger partial charge in [0.25, 0.3) is 5.91 Å². The van der Waals surface area contributed by atoms with E-state index in [9.17, 15) is 4.79 Å². The van der Waals surface area contributed by atoms with Crippen molar-refractivity contribution in [3.05, 3.63) is 70.2 Å². The van der Waals surface area contributed by atoms with Crippen molar-refractivity contribution in [1.29, 1.82) is 5.26 Å². The molecular weight excluding hydrogens is 272 g/mol. The highest BCUT2D eigenvalue weighted by Crippen LogP contribution is 2.14. The van der Waals surface area contributed by atoms with Crippen LogP contribution in [0.4, 0.5) is 0 Å².